The zero-order valence-corrected chi connectivity index (χ0v) is 19.8. The molecule has 3 aromatic rings. The molecule has 2 aliphatic heterocycles. The molecule has 0 spiro atoms. The molecular weight excluding hydrogens is 430 g/mol. The lowest BCUT2D eigenvalue weighted by molar-refractivity contribution is 0.0939. The molecule has 2 fully saturated rings. The first-order valence-corrected chi connectivity index (χ1v) is 12.1. The Balaban J connectivity index is 0.00000117. The predicted molar refractivity (Wildman–Crippen MR) is 136 cm³/mol. The molecule has 0 amide bonds. The molecule has 1 aliphatic carbocycles. The number of ether oxygens (including phenoxy) is 1. The highest BCUT2D eigenvalue weighted by Gasteiger charge is 2.37. The van der Waals surface area contributed by atoms with E-state index in [0.29, 0.717) is 37.5 Å². The summed E-state index contributed by atoms with van der Waals surface area (Å²) in [4.78, 5) is 17.7. The van der Waals surface area contributed by atoms with Crippen molar-refractivity contribution in [2.75, 3.05) is 42.6 Å². The molecule has 34 heavy (non-hydrogen) atoms. The first-order valence-electron chi connectivity index (χ1n) is 12.1. The molecule has 5 N–H and O–H groups in total. The number of amidine groups is 1. The van der Waals surface area contributed by atoms with Gasteiger partial charge in [-0.05, 0) is 25.0 Å². The quantitative estimate of drug-likeness (QED) is 0.233. The lowest BCUT2D eigenvalue weighted by Crippen LogP contribution is -2.57. The van der Waals surface area contributed by atoms with Crippen LogP contribution in [0.4, 0.5) is 11.5 Å². The number of fused-ring (bicyclic) bond motifs is 4. The molecule has 180 valence electrons. The van der Waals surface area contributed by atoms with Gasteiger partial charge in [-0.2, -0.15) is 5.10 Å². The number of nitrogens with one attached hydrogen (secondary N) is 1. The van der Waals surface area contributed by atoms with Gasteiger partial charge >= 0.3 is 0 Å². The van der Waals surface area contributed by atoms with Gasteiger partial charge < -0.3 is 25.4 Å². The summed E-state index contributed by atoms with van der Waals surface area (Å²) in [6, 6.07) is 8.75. The van der Waals surface area contributed by atoms with Crippen molar-refractivity contribution in [3.63, 3.8) is 0 Å². The standard InChI is InChI=1S/C22H27N9O.C2H6/c23-28-20(31(24)14-4-5-14)12-29-11-15-13-32-9-8-30(15)22-19(29)10-26-21(27-22)17-2-1-3-18-16(17)6-7-25-18;1-2/h1-3,6-7,10,14-15,25H,4-5,8-9,11-13,23-24H2;1-2H3/b28-20-;. The monoisotopic (exact) mass is 463 g/mol. The van der Waals surface area contributed by atoms with Crippen molar-refractivity contribution in [3.8, 4) is 11.4 Å². The van der Waals surface area contributed by atoms with E-state index in [1.807, 2.05) is 32.3 Å². The minimum Gasteiger partial charge on any atom is -0.377 e. The summed E-state index contributed by atoms with van der Waals surface area (Å²) >= 11 is 0. The molecule has 1 atom stereocenters. The van der Waals surface area contributed by atoms with Crippen molar-refractivity contribution in [3.05, 3.63) is 36.7 Å². The van der Waals surface area contributed by atoms with Crippen molar-refractivity contribution in [2.45, 2.75) is 38.8 Å². The summed E-state index contributed by atoms with van der Waals surface area (Å²) < 4.78 is 5.79. The van der Waals surface area contributed by atoms with E-state index < -0.39 is 0 Å². The third-order valence-corrected chi connectivity index (χ3v) is 6.58. The van der Waals surface area contributed by atoms with Crippen LogP contribution in [-0.4, -0.2) is 70.7 Å². The minimum atomic E-state index is 0.202. The molecule has 10 nitrogen and oxygen atoms in total. The van der Waals surface area contributed by atoms with E-state index in [-0.39, 0.29) is 6.04 Å². The van der Waals surface area contributed by atoms with Crippen LogP contribution in [0.5, 0.6) is 0 Å². The summed E-state index contributed by atoms with van der Waals surface area (Å²) in [6.45, 7) is 7.44. The number of nitrogens with two attached hydrogens (primary N) is 2. The molecule has 4 heterocycles. The van der Waals surface area contributed by atoms with Crippen molar-refractivity contribution in [1.82, 2.24) is 20.0 Å². The molecular formula is C24H33N9O. The lowest BCUT2D eigenvalue weighted by Gasteiger charge is -2.45. The normalized spacial score (nSPS) is 19.9. The Morgan fingerprint density at radius 3 is 2.94 bits per heavy atom. The number of aromatic amines is 1. The molecule has 1 aromatic carbocycles. The number of rotatable bonds is 4. The molecule has 0 radical (unpaired) electrons. The van der Waals surface area contributed by atoms with E-state index in [0.717, 1.165) is 53.9 Å². The van der Waals surface area contributed by atoms with Gasteiger partial charge in [0, 0.05) is 41.8 Å². The van der Waals surface area contributed by atoms with Crippen LogP contribution in [0.1, 0.15) is 26.7 Å². The fourth-order valence-corrected chi connectivity index (χ4v) is 4.72. The Bertz CT molecular complexity index is 1170. The maximum atomic E-state index is 6.27. The Hall–Kier alpha value is -3.37. The van der Waals surface area contributed by atoms with Crippen LogP contribution in [0.25, 0.3) is 22.3 Å². The highest BCUT2D eigenvalue weighted by molar-refractivity contribution is 5.94. The number of aromatic nitrogens is 3. The first kappa shape index (κ1) is 22.4. The lowest BCUT2D eigenvalue weighted by atomic mass is 10.1. The van der Waals surface area contributed by atoms with Gasteiger partial charge in [0.05, 0.1) is 37.7 Å². The number of hydrogen-bond donors (Lipinski definition) is 3. The van der Waals surface area contributed by atoms with Gasteiger partial charge in [-0.3, -0.25) is 5.01 Å². The van der Waals surface area contributed by atoms with Crippen LogP contribution in [0.15, 0.2) is 41.8 Å². The summed E-state index contributed by atoms with van der Waals surface area (Å²) in [6.07, 6.45) is 6.01. The highest BCUT2D eigenvalue weighted by atomic mass is 16.5. The van der Waals surface area contributed by atoms with Crippen LogP contribution < -0.4 is 21.5 Å². The van der Waals surface area contributed by atoms with Crippen LogP contribution >= 0.6 is 0 Å². The number of benzene rings is 1. The van der Waals surface area contributed by atoms with Gasteiger partial charge in [-0.15, -0.1) is 0 Å². The van der Waals surface area contributed by atoms with E-state index in [4.69, 9.17) is 26.4 Å². The number of hydrazone groups is 1. The molecule has 2 aromatic heterocycles. The van der Waals surface area contributed by atoms with Gasteiger partial charge in [0.15, 0.2) is 17.5 Å². The summed E-state index contributed by atoms with van der Waals surface area (Å²) in [5, 5.41) is 6.82. The van der Waals surface area contributed by atoms with Gasteiger partial charge in [-0.25, -0.2) is 15.8 Å². The smallest absolute Gasteiger partial charge is 0.162 e. The summed E-state index contributed by atoms with van der Waals surface area (Å²) in [7, 11) is 0. The molecule has 3 aliphatic rings. The third-order valence-electron chi connectivity index (χ3n) is 6.58. The number of hydrazine groups is 1. The summed E-state index contributed by atoms with van der Waals surface area (Å²) in [5.74, 6) is 14.3. The Labute approximate surface area is 199 Å². The number of morpholine rings is 1. The van der Waals surface area contributed by atoms with E-state index in [9.17, 15) is 0 Å². The van der Waals surface area contributed by atoms with E-state index >= 15 is 0 Å². The van der Waals surface area contributed by atoms with Crippen LogP contribution in [0.2, 0.25) is 0 Å². The third kappa shape index (κ3) is 4.03. The molecule has 1 unspecified atom stereocenters. The van der Waals surface area contributed by atoms with Gasteiger partial charge in [0.2, 0.25) is 0 Å². The number of hydrogen-bond acceptors (Lipinski definition) is 8. The fourth-order valence-electron chi connectivity index (χ4n) is 4.72. The average Bonchev–Trinajstić information content (AvgIpc) is 3.63. The van der Waals surface area contributed by atoms with Gasteiger partial charge in [0.25, 0.3) is 0 Å². The highest BCUT2D eigenvalue weighted by Crippen LogP contribution is 2.37. The first-order chi connectivity index (χ1) is 16.7. The Kier molecular flexibility index (Phi) is 6.25. The molecule has 1 saturated carbocycles. The second-order valence-corrected chi connectivity index (χ2v) is 8.63. The van der Waals surface area contributed by atoms with Gasteiger partial charge in [0.1, 0.15) is 0 Å². The number of H-pyrrole nitrogens is 1. The van der Waals surface area contributed by atoms with Crippen molar-refractivity contribution in [2.24, 2.45) is 16.8 Å². The summed E-state index contributed by atoms with van der Waals surface area (Å²) in [5.41, 5.74) is 3.06. The molecule has 0 bridgehead atoms. The number of nitrogens with zero attached hydrogens (tertiary/aromatic N) is 6. The minimum absolute atomic E-state index is 0.202. The van der Waals surface area contributed by atoms with E-state index in [1.54, 1.807) is 5.01 Å². The van der Waals surface area contributed by atoms with Crippen LogP contribution in [-0.2, 0) is 4.74 Å². The van der Waals surface area contributed by atoms with E-state index in [1.165, 1.54) is 0 Å². The fraction of sp³-hybridized carbons (Fsp3) is 0.458. The largest absolute Gasteiger partial charge is 0.377 e. The molecule has 10 heteroatoms. The van der Waals surface area contributed by atoms with Crippen molar-refractivity contribution in [1.29, 1.82) is 0 Å². The van der Waals surface area contributed by atoms with Crippen LogP contribution in [0, 0.1) is 0 Å². The van der Waals surface area contributed by atoms with Crippen molar-refractivity contribution < 1.29 is 4.74 Å². The zero-order chi connectivity index (χ0) is 23.7. The Morgan fingerprint density at radius 2 is 2.15 bits per heavy atom. The van der Waals surface area contributed by atoms with E-state index in [2.05, 4.69) is 38.1 Å². The SMILES string of the molecule is CC.N/N=C(/CN1CC2COCCN2c2nc(-c3cccc4[nH]ccc34)ncc21)N(N)C1CC1. The van der Waals surface area contributed by atoms with Crippen LogP contribution in [0.3, 0.4) is 0 Å². The maximum Gasteiger partial charge on any atom is 0.162 e. The number of anilines is 2. The van der Waals surface area contributed by atoms with Gasteiger partial charge in [-0.1, -0.05) is 26.0 Å². The second-order valence-electron chi connectivity index (χ2n) is 8.63. The molecule has 6 rings (SSSR count). The maximum absolute atomic E-state index is 6.27. The topological polar surface area (TPSA) is 125 Å². The van der Waals surface area contributed by atoms with Crippen molar-refractivity contribution >= 4 is 28.2 Å². The average molecular weight is 464 g/mol. The zero-order valence-electron chi connectivity index (χ0n) is 19.8. The second kappa shape index (κ2) is 9.47. The molecule has 1 saturated heterocycles. The predicted octanol–water partition coefficient (Wildman–Crippen LogP) is 2.29. The Morgan fingerprint density at radius 1 is 1.29 bits per heavy atom.